The third-order valence-corrected chi connectivity index (χ3v) is 2.31. The molecule has 2 rings (SSSR count). The lowest BCUT2D eigenvalue weighted by Crippen LogP contribution is -1.93. The van der Waals surface area contributed by atoms with Crippen LogP contribution in [0.5, 0.6) is 0 Å². The lowest BCUT2D eigenvalue weighted by atomic mass is 10.0. The van der Waals surface area contributed by atoms with E-state index >= 15 is 0 Å². The molecule has 0 N–H and O–H groups in total. The first-order chi connectivity index (χ1) is 7.20. The van der Waals surface area contributed by atoms with Gasteiger partial charge >= 0.3 is 0 Å². The standard InChI is InChI=1S/C9H12.C4H8O2/c1-8(2)9-6-4-3-5-7-9;1-4-2-3-5-6-4/h3-8H,1-2H3;4H,2-3H2,1H3. The highest BCUT2D eigenvalue weighted by atomic mass is 17.2. The third-order valence-electron chi connectivity index (χ3n) is 2.31. The number of hydrogen-bond donors (Lipinski definition) is 0. The Morgan fingerprint density at radius 2 is 1.87 bits per heavy atom. The van der Waals surface area contributed by atoms with Crippen LogP contribution in [0.25, 0.3) is 0 Å². The zero-order chi connectivity index (χ0) is 11.1. The SMILES string of the molecule is CC(C)c1ccccc1.CC1CCOO1. The summed E-state index contributed by atoms with van der Waals surface area (Å²) in [6.07, 6.45) is 1.37. The van der Waals surface area contributed by atoms with Gasteiger partial charge in [-0.25, -0.2) is 9.78 Å². The van der Waals surface area contributed by atoms with Crippen molar-refractivity contribution < 1.29 is 9.78 Å². The topological polar surface area (TPSA) is 18.5 Å². The molecule has 1 atom stereocenters. The highest BCUT2D eigenvalue weighted by Gasteiger charge is 2.09. The molecule has 0 radical (unpaired) electrons. The first kappa shape index (κ1) is 12.2. The maximum atomic E-state index is 4.65. The summed E-state index contributed by atoms with van der Waals surface area (Å²) in [6.45, 7) is 7.17. The Balaban J connectivity index is 0.000000162. The Hall–Kier alpha value is -0.860. The van der Waals surface area contributed by atoms with Gasteiger partial charge in [-0.2, -0.15) is 0 Å². The van der Waals surface area contributed by atoms with Crippen LogP contribution in [0.4, 0.5) is 0 Å². The van der Waals surface area contributed by atoms with Crippen LogP contribution in [0.1, 0.15) is 38.7 Å². The van der Waals surface area contributed by atoms with Gasteiger partial charge in [0.2, 0.25) is 0 Å². The zero-order valence-electron chi connectivity index (χ0n) is 9.77. The van der Waals surface area contributed by atoms with Crippen molar-refractivity contribution in [2.45, 2.75) is 39.2 Å². The van der Waals surface area contributed by atoms with Crippen molar-refractivity contribution in [3.05, 3.63) is 35.9 Å². The third kappa shape index (κ3) is 4.96. The van der Waals surface area contributed by atoms with Crippen LogP contribution in [0, 0.1) is 0 Å². The van der Waals surface area contributed by atoms with Crippen molar-refractivity contribution in [3.8, 4) is 0 Å². The fourth-order valence-electron chi connectivity index (χ4n) is 1.26. The van der Waals surface area contributed by atoms with Crippen LogP contribution in [-0.4, -0.2) is 12.7 Å². The van der Waals surface area contributed by atoms with E-state index in [2.05, 4.69) is 47.9 Å². The first-order valence-corrected chi connectivity index (χ1v) is 5.53. The van der Waals surface area contributed by atoms with Crippen LogP contribution in [-0.2, 0) is 9.78 Å². The van der Waals surface area contributed by atoms with Crippen molar-refractivity contribution in [2.75, 3.05) is 6.61 Å². The molecule has 0 amide bonds. The van der Waals surface area contributed by atoms with Gasteiger partial charge in [0.05, 0.1) is 12.7 Å². The molecule has 2 nitrogen and oxygen atoms in total. The summed E-state index contributed by atoms with van der Waals surface area (Å²) in [4.78, 5) is 9.21. The Bertz CT molecular complexity index is 250. The molecule has 1 fully saturated rings. The Morgan fingerprint density at radius 1 is 1.20 bits per heavy atom. The van der Waals surface area contributed by atoms with Crippen LogP contribution in [0.15, 0.2) is 30.3 Å². The maximum absolute atomic E-state index is 4.65. The summed E-state index contributed by atoms with van der Waals surface area (Å²) in [5.74, 6) is 0.659. The fourth-order valence-corrected chi connectivity index (χ4v) is 1.26. The van der Waals surface area contributed by atoms with Gasteiger partial charge in [-0.05, 0) is 18.4 Å². The molecule has 1 unspecified atom stereocenters. The van der Waals surface area contributed by atoms with Gasteiger partial charge in [-0.15, -0.1) is 0 Å². The smallest absolute Gasteiger partial charge is 0.0925 e. The molecule has 2 heteroatoms. The maximum Gasteiger partial charge on any atom is 0.0925 e. The first-order valence-electron chi connectivity index (χ1n) is 5.53. The van der Waals surface area contributed by atoms with Crippen molar-refractivity contribution >= 4 is 0 Å². The van der Waals surface area contributed by atoms with Gasteiger partial charge in [0, 0.05) is 6.42 Å². The second-order valence-corrected chi connectivity index (χ2v) is 4.08. The van der Waals surface area contributed by atoms with Crippen LogP contribution in [0.2, 0.25) is 0 Å². The Morgan fingerprint density at radius 3 is 2.13 bits per heavy atom. The van der Waals surface area contributed by atoms with Gasteiger partial charge in [-0.3, -0.25) is 0 Å². The van der Waals surface area contributed by atoms with Gasteiger partial charge in [0.1, 0.15) is 0 Å². The summed E-state index contributed by atoms with van der Waals surface area (Å²) in [7, 11) is 0. The molecule has 1 aliphatic heterocycles. The minimum atomic E-state index is 0.324. The largest absolute Gasteiger partial charge is 0.236 e. The Labute approximate surface area is 92.1 Å². The molecule has 0 saturated carbocycles. The molecule has 0 aromatic heterocycles. The molecule has 1 aromatic rings. The van der Waals surface area contributed by atoms with Crippen molar-refractivity contribution in [1.82, 2.24) is 0 Å². The lowest BCUT2D eigenvalue weighted by Gasteiger charge is -2.01. The second kappa shape index (κ2) is 6.59. The summed E-state index contributed by atoms with van der Waals surface area (Å²) >= 11 is 0. The Kier molecular flexibility index (Phi) is 5.37. The van der Waals surface area contributed by atoms with E-state index in [9.17, 15) is 0 Å². The average molecular weight is 208 g/mol. The molecule has 1 aliphatic rings. The van der Waals surface area contributed by atoms with E-state index in [4.69, 9.17) is 0 Å². The predicted molar refractivity (Wildman–Crippen MR) is 61.6 cm³/mol. The van der Waals surface area contributed by atoms with E-state index in [0.717, 1.165) is 13.0 Å². The van der Waals surface area contributed by atoms with Crippen LogP contribution in [0.3, 0.4) is 0 Å². The minimum Gasteiger partial charge on any atom is -0.236 e. The van der Waals surface area contributed by atoms with E-state index in [0.29, 0.717) is 12.0 Å². The van der Waals surface area contributed by atoms with E-state index < -0.39 is 0 Å². The zero-order valence-corrected chi connectivity index (χ0v) is 9.77. The number of rotatable bonds is 1. The summed E-state index contributed by atoms with van der Waals surface area (Å²) in [5, 5.41) is 0. The minimum absolute atomic E-state index is 0.324. The molecule has 1 heterocycles. The normalized spacial score (nSPS) is 19.9. The highest BCUT2D eigenvalue weighted by molar-refractivity contribution is 5.17. The highest BCUT2D eigenvalue weighted by Crippen LogP contribution is 2.11. The van der Waals surface area contributed by atoms with Crippen molar-refractivity contribution in [3.63, 3.8) is 0 Å². The lowest BCUT2D eigenvalue weighted by molar-refractivity contribution is -0.270. The molecule has 0 aliphatic carbocycles. The number of benzene rings is 1. The van der Waals surface area contributed by atoms with E-state index in [1.165, 1.54) is 5.56 Å². The fraction of sp³-hybridized carbons (Fsp3) is 0.538. The van der Waals surface area contributed by atoms with Crippen molar-refractivity contribution in [2.24, 2.45) is 0 Å². The van der Waals surface area contributed by atoms with Gasteiger partial charge < -0.3 is 0 Å². The van der Waals surface area contributed by atoms with Crippen LogP contribution >= 0.6 is 0 Å². The van der Waals surface area contributed by atoms with E-state index in [-0.39, 0.29) is 0 Å². The quantitative estimate of drug-likeness (QED) is 0.657. The predicted octanol–water partition coefficient (Wildman–Crippen LogP) is 3.54. The molecule has 0 spiro atoms. The van der Waals surface area contributed by atoms with E-state index in [1.807, 2.05) is 13.0 Å². The molecular formula is C13H20O2. The molecule has 84 valence electrons. The van der Waals surface area contributed by atoms with Gasteiger partial charge in [-0.1, -0.05) is 44.2 Å². The van der Waals surface area contributed by atoms with Gasteiger partial charge in [0.25, 0.3) is 0 Å². The van der Waals surface area contributed by atoms with Crippen LogP contribution < -0.4 is 0 Å². The van der Waals surface area contributed by atoms with E-state index in [1.54, 1.807) is 0 Å². The molecule has 1 saturated heterocycles. The van der Waals surface area contributed by atoms with Gasteiger partial charge in [0.15, 0.2) is 0 Å². The second-order valence-electron chi connectivity index (χ2n) is 4.08. The summed E-state index contributed by atoms with van der Waals surface area (Å²) < 4.78 is 0. The molecule has 15 heavy (non-hydrogen) atoms. The van der Waals surface area contributed by atoms with Crippen molar-refractivity contribution in [1.29, 1.82) is 0 Å². The molecular weight excluding hydrogens is 188 g/mol. The monoisotopic (exact) mass is 208 g/mol. The summed E-state index contributed by atoms with van der Waals surface area (Å²) in [5.41, 5.74) is 1.41. The number of hydrogen-bond acceptors (Lipinski definition) is 2. The average Bonchev–Trinajstić information content (AvgIpc) is 2.71. The molecule has 0 bridgehead atoms. The summed E-state index contributed by atoms with van der Waals surface area (Å²) in [6, 6.07) is 10.5. The molecule has 1 aromatic carbocycles.